The van der Waals surface area contributed by atoms with Crippen LogP contribution < -0.4 is 11.1 Å². The Balaban J connectivity index is 2.79. The molecule has 1 rings (SSSR count). The fourth-order valence-corrected chi connectivity index (χ4v) is 2.34. The van der Waals surface area contributed by atoms with Crippen molar-refractivity contribution in [1.29, 1.82) is 0 Å². The van der Waals surface area contributed by atoms with Gasteiger partial charge in [0.1, 0.15) is 12.1 Å². The van der Waals surface area contributed by atoms with Crippen LogP contribution in [0.4, 0.5) is 0 Å². The van der Waals surface area contributed by atoms with Gasteiger partial charge in [0, 0.05) is 6.54 Å². The number of aliphatic hydroxyl groups is 2. The molecule has 0 bridgehead atoms. The Bertz CT molecular complexity index is 439. The van der Waals surface area contributed by atoms with Crippen LogP contribution in [0, 0.1) is 0 Å². The topological polar surface area (TPSA) is 153 Å². The predicted molar refractivity (Wildman–Crippen MR) is 75.6 cm³/mol. The lowest BCUT2D eigenvalue weighted by Gasteiger charge is -2.28. The van der Waals surface area contributed by atoms with Gasteiger partial charge in [-0.1, -0.05) is 0 Å². The van der Waals surface area contributed by atoms with Gasteiger partial charge in [0.15, 0.2) is 6.04 Å². The van der Waals surface area contributed by atoms with Gasteiger partial charge in [-0.2, -0.15) is 0 Å². The van der Waals surface area contributed by atoms with E-state index in [-0.39, 0.29) is 0 Å². The molecule has 1 saturated heterocycles. The second kappa shape index (κ2) is 7.52. The Morgan fingerprint density at radius 1 is 1.23 bits per heavy atom. The van der Waals surface area contributed by atoms with Crippen LogP contribution >= 0.6 is 0 Å². The summed E-state index contributed by atoms with van der Waals surface area (Å²) in [7, 11) is 0. The molecule has 0 radical (unpaired) electrons. The Hall–Kier alpha value is -1.71. The molecular weight excluding hydrogens is 294 g/mol. The van der Waals surface area contributed by atoms with Crippen molar-refractivity contribution < 1.29 is 29.7 Å². The molecular formula is C13H23N3O6. The van der Waals surface area contributed by atoms with Crippen LogP contribution in [0.1, 0.15) is 26.7 Å². The highest BCUT2D eigenvalue weighted by Gasteiger charge is 2.39. The molecule has 1 fully saturated rings. The summed E-state index contributed by atoms with van der Waals surface area (Å²) in [6, 6.07) is -3.44. The summed E-state index contributed by atoms with van der Waals surface area (Å²) in [6.07, 6.45) is -1.38. The number of carboxylic acid groups (broad SMARTS) is 1. The maximum Gasteiger partial charge on any atom is 0.328 e. The van der Waals surface area contributed by atoms with Crippen molar-refractivity contribution in [3.63, 3.8) is 0 Å². The van der Waals surface area contributed by atoms with Gasteiger partial charge in [-0.25, -0.2) is 4.79 Å². The molecule has 1 aliphatic heterocycles. The maximum absolute atomic E-state index is 12.2. The molecule has 1 heterocycles. The molecule has 0 aromatic rings. The SMILES string of the molecule is C[C@@H](O)[C@H](N)C(=O)N1CCC[C@H]1C(=O)N[C@H](C(=O)O)[C@@H](C)O. The van der Waals surface area contributed by atoms with Crippen LogP contribution in [0.5, 0.6) is 0 Å². The van der Waals surface area contributed by atoms with Gasteiger partial charge in [-0.15, -0.1) is 0 Å². The van der Waals surface area contributed by atoms with E-state index >= 15 is 0 Å². The fraction of sp³-hybridized carbons (Fsp3) is 0.769. The van der Waals surface area contributed by atoms with E-state index in [2.05, 4.69) is 5.32 Å². The fourth-order valence-electron chi connectivity index (χ4n) is 2.34. The first kappa shape index (κ1) is 18.3. The second-order valence-corrected chi connectivity index (χ2v) is 5.52. The summed E-state index contributed by atoms with van der Waals surface area (Å²) in [6.45, 7) is 2.94. The van der Waals surface area contributed by atoms with Crippen molar-refractivity contribution in [2.24, 2.45) is 5.73 Å². The number of nitrogens with one attached hydrogen (secondary N) is 1. The van der Waals surface area contributed by atoms with Gasteiger partial charge >= 0.3 is 5.97 Å². The predicted octanol–water partition coefficient (Wildman–Crippen LogP) is -2.36. The number of carbonyl (C=O) groups is 3. The molecule has 0 aliphatic carbocycles. The van der Waals surface area contributed by atoms with Crippen molar-refractivity contribution in [3.8, 4) is 0 Å². The molecule has 6 N–H and O–H groups in total. The Morgan fingerprint density at radius 2 is 1.82 bits per heavy atom. The van der Waals surface area contributed by atoms with Gasteiger partial charge in [0.05, 0.1) is 12.2 Å². The highest BCUT2D eigenvalue weighted by Crippen LogP contribution is 2.19. The molecule has 0 aromatic heterocycles. The minimum absolute atomic E-state index is 0.309. The maximum atomic E-state index is 12.2. The first-order chi connectivity index (χ1) is 10.2. The number of likely N-dealkylation sites (tertiary alicyclic amines) is 1. The molecule has 22 heavy (non-hydrogen) atoms. The third kappa shape index (κ3) is 4.15. The number of carboxylic acids is 1. The normalized spacial score (nSPS) is 23.5. The zero-order valence-electron chi connectivity index (χ0n) is 12.6. The van der Waals surface area contributed by atoms with E-state index < -0.39 is 48.1 Å². The minimum atomic E-state index is -1.45. The quantitative estimate of drug-likeness (QED) is 0.367. The monoisotopic (exact) mass is 317 g/mol. The number of aliphatic carboxylic acids is 1. The molecule has 0 unspecified atom stereocenters. The summed E-state index contributed by atoms with van der Waals surface area (Å²) < 4.78 is 0. The smallest absolute Gasteiger partial charge is 0.328 e. The first-order valence-electron chi connectivity index (χ1n) is 7.12. The molecule has 2 amide bonds. The van der Waals surface area contributed by atoms with E-state index in [4.69, 9.17) is 10.8 Å². The van der Waals surface area contributed by atoms with E-state index in [1.54, 1.807) is 0 Å². The lowest BCUT2D eigenvalue weighted by Crippen LogP contribution is -2.57. The van der Waals surface area contributed by atoms with Crippen molar-refractivity contribution in [3.05, 3.63) is 0 Å². The lowest BCUT2D eigenvalue weighted by molar-refractivity contribution is -0.146. The number of aliphatic hydroxyl groups excluding tert-OH is 2. The molecule has 9 nitrogen and oxygen atoms in total. The summed E-state index contributed by atoms with van der Waals surface area (Å²) in [5.41, 5.74) is 5.59. The standard InChI is InChI=1S/C13H23N3O6/c1-6(17)9(14)12(20)16-5-3-4-8(16)11(19)15-10(7(2)18)13(21)22/h6-10,17-18H,3-5,14H2,1-2H3,(H,15,19)(H,21,22)/t6-,7-,8+,9+,10+/m1/s1. The minimum Gasteiger partial charge on any atom is -0.480 e. The van der Waals surface area contributed by atoms with Crippen LogP contribution in [-0.4, -0.2) is 74.9 Å². The molecule has 0 aromatic carbocycles. The Kier molecular flexibility index (Phi) is 6.27. The Labute approximate surface area is 128 Å². The summed E-state index contributed by atoms with van der Waals surface area (Å²) in [5.74, 6) is -2.58. The zero-order chi connectivity index (χ0) is 17.0. The third-order valence-corrected chi connectivity index (χ3v) is 3.69. The number of hydrogen-bond donors (Lipinski definition) is 5. The molecule has 0 saturated carbocycles. The lowest BCUT2D eigenvalue weighted by atomic mass is 10.1. The van der Waals surface area contributed by atoms with E-state index in [1.165, 1.54) is 18.7 Å². The summed E-state index contributed by atoms with van der Waals surface area (Å²) >= 11 is 0. The van der Waals surface area contributed by atoms with Crippen LogP contribution in [0.15, 0.2) is 0 Å². The molecule has 5 atom stereocenters. The van der Waals surface area contributed by atoms with E-state index in [0.717, 1.165) is 0 Å². The van der Waals surface area contributed by atoms with Crippen molar-refractivity contribution in [2.45, 2.75) is 57.0 Å². The molecule has 9 heteroatoms. The van der Waals surface area contributed by atoms with Crippen molar-refractivity contribution in [1.82, 2.24) is 10.2 Å². The zero-order valence-corrected chi connectivity index (χ0v) is 12.6. The van der Waals surface area contributed by atoms with Crippen LogP contribution in [0.3, 0.4) is 0 Å². The van der Waals surface area contributed by atoms with Crippen LogP contribution in [-0.2, 0) is 14.4 Å². The van der Waals surface area contributed by atoms with Crippen LogP contribution in [0.25, 0.3) is 0 Å². The number of nitrogens with zero attached hydrogens (tertiary/aromatic N) is 1. The number of amides is 2. The van der Waals surface area contributed by atoms with E-state index in [1.807, 2.05) is 0 Å². The number of rotatable bonds is 6. The van der Waals surface area contributed by atoms with E-state index in [9.17, 15) is 24.6 Å². The van der Waals surface area contributed by atoms with Crippen LogP contribution in [0.2, 0.25) is 0 Å². The summed E-state index contributed by atoms with van der Waals surface area (Å²) in [4.78, 5) is 36.6. The van der Waals surface area contributed by atoms with Gasteiger partial charge in [-0.3, -0.25) is 9.59 Å². The molecule has 126 valence electrons. The summed E-state index contributed by atoms with van der Waals surface area (Å²) in [5, 5.41) is 30.0. The van der Waals surface area contributed by atoms with Gasteiger partial charge in [0.25, 0.3) is 0 Å². The average Bonchev–Trinajstić information content (AvgIpc) is 2.91. The Morgan fingerprint density at radius 3 is 2.27 bits per heavy atom. The van der Waals surface area contributed by atoms with E-state index in [0.29, 0.717) is 19.4 Å². The number of hydrogen-bond acceptors (Lipinski definition) is 6. The number of carbonyl (C=O) groups excluding carboxylic acids is 2. The highest BCUT2D eigenvalue weighted by molar-refractivity contribution is 5.92. The highest BCUT2D eigenvalue weighted by atomic mass is 16.4. The largest absolute Gasteiger partial charge is 0.480 e. The van der Waals surface area contributed by atoms with Crippen molar-refractivity contribution >= 4 is 17.8 Å². The van der Waals surface area contributed by atoms with Gasteiger partial charge in [0.2, 0.25) is 11.8 Å². The average molecular weight is 317 g/mol. The third-order valence-electron chi connectivity index (χ3n) is 3.69. The molecule has 0 spiro atoms. The second-order valence-electron chi connectivity index (χ2n) is 5.52. The van der Waals surface area contributed by atoms with Crippen molar-refractivity contribution in [2.75, 3.05) is 6.54 Å². The van der Waals surface area contributed by atoms with Gasteiger partial charge < -0.3 is 31.3 Å². The van der Waals surface area contributed by atoms with Gasteiger partial charge in [-0.05, 0) is 26.7 Å². The number of nitrogens with two attached hydrogens (primary N) is 1. The molecule has 1 aliphatic rings. The first-order valence-corrected chi connectivity index (χ1v) is 7.12.